The van der Waals surface area contributed by atoms with E-state index in [0.717, 1.165) is 22.0 Å². The molecule has 3 rings (SSSR count). The zero-order valence-corrected chi connectivity index (χ0v) is 18.0. The van der Waals surface area contributed by atoms with E-state index in [1.54, 1.807) is 0 Å². The lowest BCUT2D eigenvalue weighted by atomic mass is 10.1. The van der Waals surface area contributed by atoms with Gasteiger partial charge >= 0.3 is 5.69 Å². The maximum absolute atomic E-state index is 12.7. The molecule has 0 radical (unpaired) electrons. The third-order valence-electron chi connectivity index (χ3n) is 5.78. The number of ketones is 1. The van der Waals surface area contributed by atoms with Crippen molar-refractivity contribution in [1.82, 2.24) is 18.9 Å². The lowest BCUT2D eigenvalue weighted by Gasteiger charge is -2.34. The summed E-state index contributed by atoms with van der Waals surface area (Å²) in [6.45, 7) is 2.19. The number of hydrogen-bond acceptors (Lipinski definition) is 6. The molecule has 166 valence electrons. The number of benzene rings is 1. The molecule has 1 aliphatic heterocycles. The molecular weight excluding hydrogens is 398 g/mol. The van der Waals surface area contributed by atoms with Gasteiger partial charge in [-0.2, -0.15) is 0 Å². The Morgan fingerprint density at radius 1 is 0.968 bits per heavy atom. The fourth-order valence-corrected chi connectivity index (χ4v) is 3.81. The SMILES string of the molecule is Cn1c(N)c(C(=O)CN2CCN(C(=O)CCCc3ccccc3)CC2)c(=O)n(C)c1=O. The molecule has 1 aromatic carbocycles. The van der Waals surface area contributed by atoms with Crippen molar-refractivity contribution in [1.29, 1.82) is 0 Å². The van der Waals surface area contributed by atoms with Gasteiger partial charge in [-0.1, -0.05) is 30.3 Å². The molecular formula is C22H29N5O4. The van der Waals surface area contributed by atoms with Crippen molar-refractivity contribution >= 4 is 17.5 Å². The largest absolute Gasteiger partial charge is 0.384 e. The molecule has 1 aromatic heterocycles. The van der Waals surface area contributed by atoms with Crippen LogP contribution >= 0.6 is 0 Å². The van der Waals surface area contributed by atoms with Crippen molar-refractivity contribution in [2.45, 2.75) is 19.3 Å². The Morgan fingerprint density at radius 3 is 2.26 bits per heavy atom. The van der Waals surface area contributed by atoms with Gasteiger partial charge in [-0.05, 0) is 18.4 Å². The van der Waals surface area contributed by atoms with Crippen LogP contribution in [-0.4, -0.2) is 63.3 Å². The number of anilines is 1. The molecule has 2 heterocycles. The Balaban J connectivity index is 1.51. The fraction of sp³-hybridized carbons (Fsp3) is 0.455. The van der Waals surface area contributed by atoms with Gasteiger partial charge in [-0.3, -0.25) is 28.4 Å². The number of hydrogen-bond donors (Lipinski definition) is 1. The van der Waals surface area contributed by atoms with Crippen molar-refractivity contribution in [2.75, 3.05) is 38.5 Å². The normalized spacial score (nSPS) is 14.6. The Hall–Kier alpha value is -3.20. The predicted molar refractivity (Wildman–Crippen MR) is 118 cm³/mol. The van der Waals surface area contributed by atoms with Gasteiger partial charge in [0.25, 0.3) is 5.56 Å². The summed E-state index contributed by atoms with van der Waals surface area (Å²) < 4.78 is 1.98. The molecule has 9 heteroatoms. The first-order valence-corrected chi connectivity index (χ1v) is 10.4. The number of rotatable bonds is 7. The van der Waals surface area contributed by atoms with E-state index in [2.05, 4.69) is 12.1 Å². The van der Waals surface area contributed by atoms with Gasteiger partial charge in [0, 0.05) is 46.7 Å². The molecule has 2 aromatic rings. The third kappa shape index (κ3) is 5.11. The standard InChI is InChI=1S/C22H29N5O4/c1-24-20(23)19(21(30)25(2)22(24)31)17(28)15-26-11-13-27(14-12-26)18(29)10-6-9-16-7-4-3-5-8-16/h3-5,7-8H,6,9-15,23H2,1-2H3. The number of Topliss-reactive ketones (excluding diaryl/α,β-unsaturated/α-hetero) is 1. The van der Waals surface area contributed by atoms with Gasteiger partial charge in [0.2, 0.25) is 5.91 Å². The quantitative estimate of drug-likeness (QED) is 0.624. The van der Waals surface area contributed by atoms with Crippen LogP contribution in [-0.2, 0) is 25.3 Å². The summed E-state index contributed by atoms with van der Waals surface area (Å²) in [5.74, 6) is -0.417. The summed E-state index contributed by atoms with van der Waals surface area (Å²) in [5, 5.41) is 0. The molecule has 1 aliphatic rings. The molecule has 2 N–H and O–H groups in total. The highest BCUT2D eigenvalue weighted by atomic mass is 16.2. The Labute approximate surface area is 180 Å². The van der Waals surface area contributed by atoms with Crippen LogP contribution < -0.4 is 17.0 Å². The van der Waals surface area contributed by atoms with Crippen LogP contribution in [0.4, 0.5) is 5.82 Å². The molecule has 0 aliphatic carbocycles. The molecule has 0 atom stereocenters. The Kier molecular flexibility index (Phi) is 7.06. The highest BCUT2D eigenvalue weighted by Crippen LogP contribution is 2.10. The number of aromatic nitrogens is 2. The predicted octanol–water partition coefficient (Wildman–Crippen LogP) is 0.0160. The number of amides is 1. The van der Waals surface area contributed by atoms with Crippen LogP contribution in [0.15, 0.2) is 39.9 Å². The molecule has 9 nitrogen and oxygen atoms in total. The van der Waals surface area contributed by atoms with Crippen molar-refractivity contribution < 1.29 is 9.59 Å². The first-order valence-electron chi connectivity index (χ1n) is 10.4. The maximum Gasteiger partial charge on any atom is 0.332 e. The lowest BCUT2D eigenvalue weighted by molar-refractivity contribution is -0.132. The molecule has 0 bridgehead atoms. The van der Waals surface area contributed by atoms with Gasteiger partial charge in [-0.15, -0.1) is 0 Å². The van der Waals surface area contributed by atoms with Gasteiger partial charge in [0.15, 0.2) is 5.78 Å². The van der Waals surface area contributed by atoms with E-state index in [1.807, 2.05) is 28.0 Å². The van der Waals surface area contributed by atoms with E-state index in [9.17, 15) is 19.2 Å². The second-order valence-corrected chi connectivity index (χ2v) is 7.89. The topological polar surface area (TPSA) is 111 Å². The summed E-state index contributed by atoms with van der Waals surface area (Å²) >= 11 is 0. The third-order valence-corrected chi connectivity index (χ3v) is 5.78. The smallest absolute Gasteiger partial charge is 0.332 e. The number of carbonyl (C=O) groups excluding carboxylic acids is 2. The summed E-state index contributed by atoms with van der Waals surface area (Å²) in [6, 6.07) is 10.1. The van der Waals surface area contributed by atoms with Crippen molar-refractivity contribution in [3.63, 3.8) is 0 Å². The number of nitrogens with two attached hydrogens (primary N) is 1. The van der Waals surface area contributed by atoms with Crippen LogP contribution in [0.25, 0.3) is 0 Å². The second-order valence-electron chi connectivity index (χ2n) is 7.89. The van der Waals surface area contributed by atoms with E-state index in [4.69, 9.17) is 5.73 Å². The molecule has 31 heavy (non-hydrogen) atoms. The summed E-state index contributed by atoms with van der Waals surface area (Å²) in [5.41, 5.74) is 5.67. The van der Waals surface area contributed by atoms with Crippen LogP contribution in [0, 0.1) is 0 Å². The number of nitrogens with zero attached hydrogens (tertiary/aromatic N) is 4. The lowest BCUT2D eigenvalue weighted by Crippen LogP contribution is -2.50. The molecule has 0 saturated carbocycles. The van der Waals surface area contributed by atoms with E-state index >= 15 is 0 Å². The first kappa shape index (κ1) is 22.5. The first-order chi connectivity index (χ1) is 14.8. The molecule has 1 amide bonds. The van der Waals surface area contributed by atoms with Crippen molar-refractivity contribution in [2.24, 2.45) is 14.1 Å². The van der Waals surface area contributed by atoms with Crippen molar-refractivity contribution in [3.05, 3.63) is 62.3 Å². The Morgan fingerprint density at radius 2 is 1.61 bits per heavy atom. The minimum absolute atomic E-state index is 0.0215. The van der Waals surface area contributed by atoms with E-state index in [1.165, 1.54) is 19.7 Å². The highest BCUT2D eigenvalue weighted by molar-refractivity contribution is 6.01. The zero-order chi connectivity index (χ0) is 22.5. The summed E-state index contributed by atoms with van der Waals surface area (Å²) in [4.78, 5) is 53.2. The van der Waals surface area contributed by atoms with Gasteiger partial charge in [0.05, 0.1) is 6.54 Å². The van der Waals surface area contributed by atoms with Gasteiger partial charge in [-0.25, -0.2) is 4.79 Å². The number of nitrogen functional groups attached to an aromatic ring is 1. The van der Waals surface area contributed by atoms with Crippen molar-refractivity contribution in [3.8, 4) is 0 Å². The molecule has 0 unspecified atom stereocenters. The summed E-state index contributed by atoms with van der Waals surface area (Å²) in [7, 11) is 2.75. The minimum Gasteiger partial charge on any atom is -0.384 e. The van der Waals surface area contributed by atoms with Crippen LogP contribution in [0.2, 0.25) is 0 Å². The Bertz CT molecular complexity index is 1070. The molecule has 0 spiro atoms. The van der Waals surface area contributed by atoms with E-state index < -0.39 is 17.0 Å². The summed E-state index contributed by atoms with van der Waals surface area (Å²) in [6.07, 6.45) is 2.17. The van der Waals surface area contributed by atoms with Gasteiger partial charge in [0.1, 0.15) is 11.4 Å². The maximum atomic E-state index is 12.7. The van der Waals surface area contributed by atoms with Crippen LogP contribution in [0.5, 0.6) is 0 Å². The molecule has 1 saturated heterocycles. The number of aryl methyl sites for hydroxylation is 1. The second kappa shape index (κ2) is 9.74. The van der Waals surface area contributed by atoms with Crippen LogP contribution in [0.1, 0.15) is 28.8 Å². The van der Waals surface area contributed by atoms with E-state index in [0.29, 0.717) is 32.6 Å². The van der Waals surface area contributed by atoms with Crippen LogP contribution in [0.3, 0.4) is 0 Å². The number of piperazine rings is 1. The fourth-order valence-electron chi connectivity index (χ4n) is 3.81. The zero-order valence-electron chi connectivity index (χ0n) is 18.0. The average molecular weight is 428 g/mol. The average Bonchev–Trinajstić information content (AvgIpc) is 2.77. The monoisotopic (exact) mass is 427 g/mol. The number of carbonyl (C=O) groups is 2. The van der Waals surface area contributed by atoms with E-state index in [-0.39, 0.29) is 23.8 Å². The minimum atomic E-state index is -0.683. The van der Waals surface area contributed by atoms with Gasteiger partial charge < -0.3 is 10.6 Å². The molecule has 1 fully saturated rings. The highest BCUT2D eigenvalue weighted by Gasteiger charge is 2.25.